The number of halogens is 1. The van der Waals surface area contributed by atoms with Gasteiger partial charge in [0.2, 0.25) is 0 Å². The molecule has 0 aliphatic carbocycles. The Hall–Kier alpha value is -2.30. The molecule has 0 unspecified atom stereocenters. The number of nitrogens with zero attached hydrogens (tertiary/aromatic N) is 2. The Morgan fingerprint density at radius 2 is 1.85 bits per heavy atom. The first-order valence-electron chi connectivity index (χ1n) is 9.49. The fourth-order valence-electron chi connectivity index (χ4n) is 3.07. The molecule has 0 atom stereocenters. The van der Waals surface area contributed by atoms with Crippen LogP contribution in [0, 0.1) is 10.1 Å². The predicted molar refractivity (Wildman–Crippen MR) is 143 cm³/mol. The molecular weight excluding hydrogens is 516 g/mol. The molecule has 3 aromatic carbocycles. The summed E-state index contributed by atoms with van der Waals surface area (Å²) in [5.41, 5.74) is 1.22. The summed E-state index contributed by atoms with van der Waals surface area (Å²) < 4.78 is 0.425. The van der Waals surface area contributed by atoms with Gasteiger partial charge in [-0.15, -0.1) is 11.8 Å². The minimum atomic E-state index is -0.422. The van der Waals surface area contributed by atoms with Crippen LogP contribution in [0.5, 0.6) is 0 Å². The van der Waals surface area contributed by atoms with Gasteiger partial charge in [0.05, 0.1) is 20.4 Å². The highest BCUT2D eigenvalue weighted by molar-refractivity contribution is 8.27. The third-order valence-corrected chi connectivity index (χ3v) is 7.98. The molecule has 1 aliphatic rings. The van der Waals surface area contributed by atoms with Gasteiger partial charge >= 0.3 is 0 Å². The summed E-state index contributed by atoms with van der Waals surface area (Å²) in [6.07, 6.45) is 3.60. The Bertz CT molecular complexity index is 1300. The number of hydrogen-bond acceptors (Lipinski definition) is 7. The molecule has 1 fully saturated rings. The number of nitro benzene ring substituents is 1. The maximum absolute atomic E-state index is 13.1. The highest BCUT2D eigenvalue weighted by Crippen LogP contribution is 2.39. The molecular formula is C23H15ClN2O3S4. The maximum Gasteiger partial charge on any atom is 0.283 e. The van der Waals surface area contributed by atoms with Crippen molar-refractivity contribution in [3.05, 3.63) is 92.3 Å². The van der Waals surface area contributed by atoms with E-state index in [1.807, 2.05) is 42.7 Å². The third kappa shape index (κ3) is 5.44. The van der Waals surface area contributed by atoms with Crippen molar-refractivity contribution in [2.45, 2.75) is 14.7 Å². The Morgan fingerprint density at radius 3 is 2.55 bits per heavy atom. The van der Waals surface area contributed by atoms with Crippen LogP contribution in [0.2, 0.25) is 5.02 Å². The number of thiocarbonyl (C=S) groups is 1. The van der Waals surface area contributed by atoms with Crippen LogP contribution in [-0.2, 0) is 4.79 Å². The summed E-state index contributed by atoms with van der Waals surface area (Å²) in [6.45, 7) is 0. The summed E-state index contributed by atoms with van der Waals surface area (Å²) in [7, 11) is 0. The lowest BCUT2D eigenvalue weighted by Gasteiger charge is -2.15. The van der Waals surface area contributed by atoms with Crippen molar-refractivity contribution in [2.24, 2.45) is 0 Å². The first-order chi connectivity index (χ1) is 15.9. The summed E-state index contributed by atoms with van der Waals surface area (Å²) >= 11 is 15.4. The Morgan fingerprint density at radius 1 is 1.09 bits per heavy atom. The largest absolute Gasteiger partial charge is 0.283 e. The zero-order valence-electron chi connectivity index (χ0n) is 17.1. The number of hydrogen-bond donors (Lipinski definition) is 0. The van der Waals surface area contributed by atoms with Crippen molar-refractivity contribution in [2.75, 3.05) is 11.2 Å². The Kier molecular flexibility index (Phi) is 7.45. The fraction of sp³-hybridized carbons (Fsp3) is 0.0435. The molecule has 0 spiro atoms. The number of carbonyl (C=O) groups is 1. The first kappa shape index (κ1) is 23.8. The lowest BCUT2D eigenvalue weighted by molar-refractivity contribution is -0.387. The summed E-state index contributed by atoms with van der Waals surface area (Å²) in [6, 6.07) is 19.6. The number of carbonyl (C=O) groups excluding carboxylic acids is 1. The monoisotopic (exact) mass is 530 g/mol. The average molecular weight is 531 g/mol. The topological polar surface area (TPSA) is 63.5 Å². The SMILES string of the molecule is CSc1cccc(N2C(=O)/C(=C/c3ccc(Sc4ccc(Cl)cc4)c([N+](=O)[O-])c3)SC2=S)c1. The van der Waals surface area contributed by atoms with Crippen LogP contribution < -0.4 is 4.90 Å². The van der Waals surface area contributed by atoms with Gasteiger partial charge in [-0.2, -0.15) is 0 Å². The standard InChI is InChI=1S/C23H15ClN2O3S4/c1-31-18-4-2-3-16(13-18)25-22(27)21(33-23(25)30)12-14-5-10-20(19(11-14)26(28)29)32-17-8-6-15(24)7-9-17/h2-13H,1H3/b21-12-. The van der Waals surface area contributed by atoms with Crippen LogP contribution >= 0.6 is 59.1 Å². The number of thioether (sulfide) groups is 2. The van der Waals surface area contributed by atoms with Crippen molar-refractivity contribution >= 4 is 86.8 Å². The minimum Gasteiger partial charge on any atom is -0.268 e. The molecule has 0 saturated carbocycles. The quantitative estimate of drug-likeness (QED) is 0.107. The predicted octanol–water partition coefficient (Wildman–Crippen LogP) is 7.53. The van der Waals surface area contributed by atoms with Gasteiger partial charge in [-0.1, -0.05) is 59.5 Å². The van der Waals surface area contributed by atoms with Crippen molar-refractivity contribution in [1.82, 2.24) is 0 Å². The number of benzene rings is 3. The van der Waals surface area contributed by atoms with E-state index < -0.39 is 4.92 Å². The Balaban J connectivity index is 1.62. The van der Waals surface area contributed by atoms with Crippen LogP contribution in [0.25, 0.3) is 6.08 Å². The second kappa shape index (κ2) is 10.3. The van der Waals surface area contributed by atoms with E-state index in [2.05, 4.69) is 0 Å². The van der Waals surface area contributed by atoms with Gasteiger partial charge in [0.15, 0.2) is 4.32 Å². The van der Waals surface area contributed by atoms with Crippen molar-refractivity contribution in [1.29, 1.82) is 0 Å². The summed E-state index contributed by atoms with van der Waals surface area (Å²) in [4.78, 5) is 28.6. The normalized spacial score (nSPS) is 14.8. The van der Waals surface area contributed by atoms with Crippen molar-refractivity contribution in [3.63, 3.8) is 0 Å². The van der Waals surface area contributed by atoms with E-state index >= 15 is 0 Å². The molecule has 1 saturated heterocycles. The number of rotatable bonds is 6. The van der Waals surface area contributed by atoms with E-state index in [0.717, 1.165) is 9.79 Å². The second-order valence-electron chi connectivity index (χ2n) is 6.76. The zero-order chi connectivity index (χ0) is 23.5. The van der Waals surface area contributed by atoms with Gasteiger partial charge in [0.25, 0.3) is 11.6 Å². The molecule has 0 N–H and O–H groups in total. The molecule has 166 valence electrons. The smallest absolute Gasteiger partial charge is 0.268 e. The van der Waals surface area contributed by atoms with Crippen molar-refractivity contribution in [3.8, 4) is 0 Å². The minimum absolute atomic E-state index is 0.0353. The van der Waals surface area contributed by atoms with Crippen LogP contribution in [0.1, 0.15) is 5.56 Å². The van der Waals surface area contributed by atoms with E-state index in [9.17, 15) is 14.9 Å². The zero-order valence-corrected chi connectivity index (χ0v) is 21.1. The molecule has 0 aromatic heterocycles. The molecule has 4 rings (SSSR count). The van der Waals surface area contributed by atoms with E-state index in [-0.39, 0.29) is 11.6 Å². The van der Waals surface area contributed by atoms with Gasteiger partial charge in [-0.05, 0) is 66.4 Å². The lowest BCUT2D eigenvalue weighted by atomic mass is 10.2. The Labute approximate surface area is 213 Å². The highest BCUT2D eigenvalue weighted by Gasteiger charge is 2.33. The molecule has 5 nitrogen and oxygen atoms in total. The van der Waals surface area contributed by atoms with Crippen LogP contribution in [-0.4, -0.2) is 21.4 Å². The molecule has 1 heterocycles. The highest BCUT2D eigenvalue weighted by atomic mass is 35.5. The van der Waals surface area contributed by atoms with E-state index in [1.165, 1.54) is 34.5 Å². The molecule has 0 radical (unpaired) electrons. The number of anilines is 1. The van der Waals surface area contributed by atoms with Gasteiger partial charge < -0.3 is 0 Å². The van der Waals surface area contributed by atoms with Gasteiger partial charge in [-0.25, -0.2) is 0 Å². The molecule has 1 amide bonds. The van der Waals surface area contributed by atoms with Gasteiger partial charge in [0, 0.05) is 20.9 Å². The second-order valence-corrected chi connectivity index (χ2v) is 10.9. The molecule has 10 heteroatoms. The van der Waals surface area contributed by atoms with E-state index in [0.29, 0.717) is 30.4 Å². The maximum atomic E-state index is 13.1. The van der Waals surface area contributed by atoms with E-state index in [1.54, 1.807) is 42.1 Å². The summed E-state index contributed by atoms with van der Waals surface area (Å²) in [5, 5.41) is 12.3. The van der Waals surface area contributed by atoms with E-state index in [4.69, 9.17) is 23.8 Å². The fourth-order valence-corrected chi connectivity index (χ4v) is 5.85. The summed E-state index contributed by atoms with van der Waals surface area (Å²) in [5.74, 6) is -0.245. The lowest BCUT2D eigenvalue weighted by Crippen LogP contribution is -2.27. The van der Waals surface area contributed by atoms with Crippen LogP contribution in [0.15, 0.2) is 86.3 Å². The van der Waals surface area contributed by atoms with Crippen LogP contribution in [0.4, 0.5) is 11.4 Å². The molecule has 1 aliphatic heterocycles. The molecule has 3 aromatic rings. The molecule has 33 heavy (non-hydrogen) atoms. The van der Waals surface area contributed by atoms with Crippen molar-refractivity contribution < 1.29 is 9.72 Å². The van der Waals surface area contributed by atoms with Crippen LogP contribution in [0.3, 0.4) is 0 Å². The van der Waals surface area contributed by atoms with Gasteiger partial charge in [-0.3, -0.25) is 19.8 Å². The number of nitro groups is 1. The van der Waals surface area contributed by atoms with Gasteiger partial charge in [0.1, 0.15) is 0 Å². The average Bonchev–Trinajstić information content (AvgIpc) is 3.08. The first-order valence-corrected chi connectivity index (χ1v) is 13.1. The number of amides is 1. The third-order valence-electron chi connectivity index (χ3n) is 4.62. The molecule has 0 bridgehead atoms.